The number of hydrogen-bond acceptors (Lipinski definition) is 4. The molecule has 0 bridgehead atoms. The van der Waals surface area contributed by atoms with Crippen molar-refractivity contribution in [3.05, 3.63) is 72.2 Å². The summed E-state index contributed by atoms with van der Waals surface area (Å²) in [6, 6.07) is 16.2. The molecule has 1 amide bonds. The Kier molecular flexibility index (Phi) is 5.73. The summed E-state index contributed by atoms with van der Waals surface area (Å²) in [5.41, 5.74) is 2.91. The van der Waals surface area contributed by atoms with Gasteiger partial charge in [-0.2, -0.15) is 0 Å². The second kappa shape index (κ2) is 8.96. The first-order valence-electron chi connectivity index (χ1n) is 11.0. The van der Waals surface area contributed by atoms with Crippen molar-refractivity contribution in [2.24, 2.45) is 0 Å². The number of para-hydroxylation sites is 1. The van der Waals surface area contributed by atoms with Crippen molar-refractivity contribution >= 4 is 27.9 Å². The quantitative estimate of drug-likeness (QED) is 0.474. The van der Waals surface area contributed by atoms with Crippen LogP contribution in [0.3, 0.4) is 0 Å². The Hall–Kier alpha value is -3.45. The number of ether oxygens (including phenoxy) is 1. The molecule has 7 heteroatoms. The largest absolute Gasteiger partial charge is 0.413 e. The van der Waals surface area contributed by atoms with Crippen LogP contribution in [0.2, 0.25) is 0 Å². The highest BCUT2D eigenvalue weighted by molar-refractivity contribution is 5.83. The summed E-state index contributed by atoms with van der Waals surface area (Å²) < 4.78 is 18.7. The molecule has 5 rings (SSSR count). The van der Waals surface area contributed by atoms with Crippen LogP contribution in [0.4, 0.5) is 9.18 Å². The number of carbonyl (C=O) groups excluding carboxylic acids is 1. The predicted molar refractivity (Wildman–Crippen MR) is 122 cm³/mol. The average Bonchev–Trinajstić information content (AvgIpc) is 3.22. The molecule has 1 aliphatic rings. The molecule has 0 radical (unpaired) electrons. The number of aromatic amines is 1. The van der Waals surface area contributed by atoms with Crippen molar-refractivity contribution < 1.29 is 13.9 Å². The molecule has 3 heterocycles. The van der Waals surface area contributed by atoms with Gasteiger partial charge in [-0.3, -0.25) is 0 Å². The number of nitrogens with one attached hydrogen (secondary N) is 2. The molecule has 2 N–H and O–H groups in total. The van der Waals surface area contributed by atoms with Gasteiger partial charge in [0, 0.05) is 41.6 Å². The van der Waals surface area contributed by atoms with E-state index in [1.807, 2.05) is 42.6 Å². The highest BCUT2D eigenvalue weighted by atomic mass is 19.1. The number of amides is 1. The van der Waals surface area contributed by atoms with E-state index in [1.54, 1.807) is 12.1 Å². The van der Waals surface area contributed by atoms with Gasteiger partial charge in [-0.1, -0.05) is 18.2 Å². The van der Waals surface area contributed by atoms with Gasteiger partial charge in [-0.15, -0.1) is 0 Å². The van der Waals surface area contributed by atoms with Gasteiger partial charge in [0.05, 0.1) is 5.52 Å². The SMILES string of the molecule is O=C(NCCN1CCC(c2c[nH]c3cc(F)ccc23)CC1)Oc1ccc2ccccc2n1. The maximum Gasteiger partial charge on any atom is 0.413 e. The molecular formula is C25H25FN4O2. The lowest BCUT2D eigenvalue weighted by Crippen LogP contribution is -2.39. The van der Waals surface area contributed by atoms with Gasteiger partial charge in [-0.05, 0) is 67.7 Å². The standard InChI is InChI=1S/C25H25FN4O2/c26-19-6-7-20-21(16-28-23(20)15-19)17-9-12-30(13-10-17)14-11-27-25(31)32-24-8-5-18-3-1-2-4-22(18)29-24/h1-8,15-17,28H,9-14H2,(H,27,31). The van der Waals surface area contributed by atoms with Crippen LogP contribution in [0.25, 0.3) is 21.8 Å². The second-order valence-electron chi connectivity index (χ2n) is 8.21. The number of rotatable bonds is 5. The summed E-state index contributed by atoms with van der Waals surface area (Å²) in [5.74, 6) is 0.533. The Bertz CT molecular complexity index is 1250. The number of piperidine rings is 1. The third kappa shape index (κ3) is 4.43. The molecule has 2 aromatic carbocycles. The lowest BCUT2D eigenvalue weighted by molar-refractivity contribution is 0.188. The van der Waals surface area contributed by atoms with Gasteiger partial charge in [0.15, 0.2) is 0 Å². The zero-order chi connectivity index (χ0) is 21.9. The van der Waals surface area contributed by atoms with Gasteiger partial charge in [0.2, 0.25) is 5.88 Å². The summed E-state index contributed by atoms with van der Waals surface area (Å²) in [4.78, 5) is 22.0. The van der Waals surface area contributed by atoms with Crippen molar-refractivity contribution in [1.82, 2.24) is 20.2 Å². The van der Waals surface area contributed by atoms with E-state index in [4.69, 9.17) is 4.74 Å². The van der Waals surface area contributed by atoms with Gasteiger partial charge in [-0.25, -0.2) is 14.2 Å². The molecule has 1 fully saturated rings. The number of carbonyl (C=O) groups is 1. The predicted octanol–water partition coefficient (Wildman–Crippen LogP) is 4.82. The summed E-state index contributed by atoms with van der Waals surface area (Å²) in [6.45, 7) is 3.21. The Morgan fingerprint density at radius 2 is 2.00 bits per heavy atom. The van der Waals surface area contributed by atoms with E-state index in [0.29, 0.717) is 18.3 Å². The van der Waals surface area contributed by atoms with Crippen molar-refractivity contribution in [3.63, 3.8) is 0 Å². The van der Waals surface area contributed by atoms with E-state index in [1.165, 1.54) is 11.6 Å². The van der Waals surface area contributed by atoms with E-state index in [0.717, 1.165) is 54.3 Å². The van der Waals surface area contributed by atoms with Crippen molar-refractivity contribution in [2.75, 3.05) is 26.2 Å². The van der Waals surface area contributed by atoms with Crippen LogP contribution in [0, 0.1) is 5.82 Å². The smallest absolute Gasteiger partial charge is 0.391 e. The molecule has 0 spiro atoms. The number of hydrogen-bond donors (Lipinski definition) is 2. The number of aromatic nitrogens is 2. The first-order chi connectivity index (χ1) is 15.7. The number of likely N-dealkylation sites (tertiary alicyclic amines) is 1. The summed E-state index contributed by atoms with van der Waals surface area (Å²) in [5, 5.41) is 4.92. The van der Waals surface area contributed by atoms with Gasteiger partial charge in [0.1, 0.15) is 5.82 Å². The summed E-state index contributed by atoms with van der Waals surface area (Å²) in [6.07, 6.45) is 3.60. The zero-order valence-corrected chi connectivity index (χ0v) is 17.7. The maximum absolute atomic E-state index is 13.4. The molecule has 0 unspecified atom stereocenters. The molecule has 0 atom stereocenters. The van der Waals surface area contributed by atoms with Crippen LogP contribution in [-0.4, -0.2) is 47.1 Å². The normalized spacial score (nSPS) is 15.3. The minimum Gasteiger partial charge on any atom is -0.391 e. The van der Waals surface area contributed by atoms with E-state index in [-0.39, 0.29) is 5.82 Å². The highest BCUT2D eigenvalue weighted by Crippen LogP contribution is 2.33. The molecule has 6 nitrogen and oxygen atoms in total. The Labute approximate surface area is 185 Å². The molecule has 1 saturated heterocycles. The fourth-order valence-electron chi connectivity index (χ4n) is 4.48. The Balaban J connectivity index is 1.08. The fourth-order valence-corrected chi connectivity index (χ4v) is 4.48. The summed E-state index contributed by atoms with van der Waals surface area (Å²) in [7, 11) is 0. The lowest BCUT2D eigenvalue weighted by atomic mass is 9.89. The molecule has 164 valence electrons. The molecule has 1 aliphatic heterocycles. The molecule has 0 saturated carbocycles. The molecule has 0 aliphatic carbocycles. The van der Waals surface area contributed by atoms with Crippen LogP contribution in [-0.2, 0) is 0 Å². The molecular weight excluding hydrogens is 407 g/mol. The number of benzene rings is 2. The van der Waals surface area contributed by atoms with Crippen molar-refractivity contribution in [1.29, 1.82) is 0 Å². The highest BCUT2D eigenvalue weighted by Gasteiger charge is 2.22. The third-order valence-electron chi connectivity index (χ3n) is 6.17. The van der Waals surface area contributed by atoms with Crippen LogP contribution >= 0.6 is 0 Å². The monoisotopic (exact) mass is 432 g/mol. The Morgan fingerprint density at radius 3 is 2.88 bits per heavy atom. The van der Waals surface area contributed by atoms with Crippen LogP contribution in [0.5, 0.6) is 5.88 Å². The van der Waals surface area contributed by atoms with Gasteiger partial charge in [0.25, 0.3) is 0 Å². The van der Waals surface area contributed by atoms with Crippen molar-refractivity contribution in [3.8, 4) is 5.88 Å². The maximum atomic E-state index is 13.4. The van der Waals surface area contributed by atoms with Gasteiger partial charge < -0.3 is 19.9 Å². The molecule has 4 aromatic rings. The number of H-pyrrole nitrogens is 1. The second-order valence-corrected chi connectivity index (χ2v) is 8.21. The van der Waals surface area contributed by atoms with Crippen LogP contribution < -0.4 is 10.1 Å². The number of pyridine rings is 1. The third-order valence-corrected chi connectivity index (χ3v) is 6.17. The van der Waals surface area contributed by atoms with Crippen molar-refractivity contribution in [2.45, 2.75) is 18.8 Å². The van der Waals surface area contributed by atoms with E-state index in [2.05, 4.69) is 20.2 Å². The average molecular weight is 432 g/mol. The van der Waals surface area contributed by atoms with Crippen LogP contribution in [0.1, 0.15) is 24.3 Å². The first-order valence-corrected chi connectivity index (χ1v) is 11.0. The lowest BCUT2D eigenvalue weighted by Gasteiger charge is -2.31. The first kappa shape index (κ1) is 20.5. The fraction of sp³-hybridized carbons (Fsp3) is 0.280. The zero-order valence-electron chi connectivity index (χ0n) is 17.7. The van der Waals surface area contributed by atoms with E-state index < -0.39 is 6.09 Å². The van der Waals surface area contributed by atoms with E-state index in [9.17, 15) is 9.18 Å². The minimum atomic E-state index is -0.492. The molecule has 32 heavy (non-hydrogen) atoms. The number of halogens is 1. The van der Waals surface area contributed by atoms with Gasteiger partial charge >= 0.3 is 6.09 Å². The summed E-state index contributed by atoms with van der Waals surface area (Å²) >= 11 is 0. The number of nitrogens with zero attached hydrogens (tertiary/aromatic N) is 2. The number of fused-ring (bicyclic) bond motifs is 2. The van der Waals surface area contributed by atoms with E-state index >= 15 is 0 Å². The topological polar surface area (TPSA) is 70.2 Å². The Morgan fingerprint density at radius 1 is 1.16 bits per heavy atom. The minimum absolute atomic E-state index is 0.219. The van der Waals surface area contributed by atoms with Crippen LogP contribution in [0.15, 0.2) is 60.8 Å². The molecule has 2 aromatic heterocycles.